The van der Waals surface area contributed by atoms with E-state index >= 15 is 0 Å². The predicted molar refractivity (Wildman–Crippen MR) is 105 cm³/mol. The minimum atomic E-state index is -0.381. The topological polar surface area (TPSA) is 49.7 Å². The quantitative estimate of drug-likeness (QED) is 0.538. The summed E-state index contributed by atoms with van der Waals surface area (Å²) < 4.78 is 5.82. The number of rotatable bonds is 8. The second-order valence-electron chi connectivity index (χ2n) is 7.99. The standard InChI is InChI=1S/C23H34O3/c1-3-5-6-9-18(24)11-12-19-20-13-16-8-7-10-23(26-4-2)21(16)14-17(20)15-22(19)25/h7-8,10-12,17-20,22,24-25H,3-6,9,13-15H2,1-2H3/b12-11+/t17?,18-,19+,20-,22+/m0/s1. The number of fused-ring (bicyclic) bond motifs is 2. The first-order valence-electron chi connectivity index (χ1n) is 10.4. The van der Waals surface area contributed by atoms with Crippen LogP contribution < -0.4 is 4.74 Å². The van der Waals surface area contributed by atoms with Gasteiger partial charge < -0.3 is 14.9 Å². The van der Waals surface area contributed by atoms with Gasteiger partial charge in [0.15, 0.2) is 0 Å². The summed E-state index contributed by atoms with van der Waals surface area (Å²) in [6, 6.07) is 6.36. The highest BCUT2D eigenvalue weighted by molar-refractivity contribution is 5.43. The van der Waals surface area contributed by atoms with Crippen LogP contribution in [0.2, 0.25) is 0 Å². The van der Waals surface area contributed by atoms with Gasteiger partial charge in [-0.1, -0.05) is 50.5 Å². The second-order valence-corrected chi connectivity index (χ2v) is 7.99. The maximum atomic E-state index is 10.6. The van der Waals surface area contributed by atoms with Crippen molar-refractivity contribution in [2.45, 2.75) is 71.0 Å². The van der Waals surface area contributed by atoms with Crippen molar-refractivity contribution in [3.63, 3.8) is 0 Å². The van der Waals surface area contributed by atoms with Crippen molar-refractivity contribution in [3.8, 4) is 5.75 Å². The largest absolute Gasteiger partial charge is 0.494 e. The number of aliphatic hydroxyl groups is 2. The maximum absolute atomic E-state index is 10.6. The normalized spacial score (nSPS) is 28.8. The fourth-order valence-electron chi connectivity index (χ4n) is 4.85. The van der Waals surface area contributed by atoms with Gasteiger partial charge >= 0.3 is 0 Å². The summed E-state index contributed by atoms with van der Waals surface area (Å²) in [6.45, 7) is 4.89. The number of ether oxygens (including phenoxy) is 1. The Kier molecular flexibility index (Phi) is 6.77. The Balaban J connectivity index is 1.69. The number of aliphatic hydroxyl groups excluding tert-OH is 2. The molecule has 5 atom stereocenters. The SMILES string of the molecule is CCCCC[C@H](O)/C=C/[C@H]1[C@H](O)CC2Cc3c(cccc3OCC)C[C@@H]21. The summed E-state index contributed by atoms with van der Waals surface area (Å²) in [5, 5.41) is 20.8. The molecule has 1 aromatic rings. The summed E-state index contributed by atoms with van der Waals surface area (Å²) in [4.78, 5) is 0. The van der Waals surface area contributed by atoms with Gasteiger partial charge in [0.25, 0.3) is 0 Å². The maximum Gasteiger partial charge on any atom is 0.122 e. The Morgan fingerprint density at radius 2 is 2.08 bits per heavy atom. The van der Waals surface area contributed by atoms with E-state index in [9.17, 15) is 10.2 Å². The first-order chi connectivity index (χ1) is 12.6. The van der Waals surface area contributed by atoms with E-state index in [1.54, 1.807) is 0 Å². The van der Waals surface area contributed by atoms with Gasteiger partial charge in [-0.25, -0.2) is 0 Å². The number of hydrogen-bond donors (Lipinski definition) is 2. The lowest BCUT2D eigenvalue weighted by Gasteiger charge is -2.31. The van der Waals surface area contributed by atoms with Crippen LogP contribution in [0, 0.1) is 17.8 Å². The van der Waals surface area contributed by atoms with Crippen LogP contribution in [0.3, 0.4) is 0 Å². The molecule has 144 valence electrons. The number of hydrogen-bond acceptors (Lipinski definition) is 3. The third kappa shape index (κ3) is 4.32. The molecule has 0 amide bonds. The van der Waals surface area contributed by atoms with Gasteiger partial charge in [-0.05, 0) is 61.6 Å². The van der Waals surface area contributed by atoms with E-state index in [0.717, 1.165) is 37.9 Å². The van der Waals surface area contributed by atoms with Crippen LogP contribution in [0.4, 0.5) is 0 Å². The molecule has 26 heavy (non-hydrogen) atoms. The summed E-state index contributed by atoms with van der Waals surface area (Å²) in [7, 11) is 0. The summed E-state index contributed by atoms with van der Waals surface area (Å²) in [5.41, 5.74) is 2.71. The minimum absolute atomic E-state index is 0.157. The molecule has 0 heterocycles. The highest BCUT2D eigenvalue weighted by Gasteiger charge is 2.44. The molecule has 1 unspecified atom stereocenters. The summed E-state index contributed by atoms with van der Waals surface area (Å²) in [6.07, 6.45) is 10.4. The van der Waals surface area contributed by atoms with Crippen LogP contribution in [0.5, 0.6) is 5.75 Å². The van der Waals surface area contributed by atoms with Crippen molar-refractivity contribution < 1.29 is 14.9 Å². The van der Waals surface area contributed by atoms with Crippen LogP contribution in [0.15, 0.2) is 30.4 Å². The van der Waals surface area contributed by atoms with E-state index in [1.807, 2.05) is 13.0 Å². The van der Waals surface area contributed by atoms with E-state index in [4.69, 9.17) is 4.74 Å². The molecular formula is C23H34O3. The molecule has 0 aliphatic heterocycles. The molecule has 0 spiro atoms. The Bertz CT molecular complexity index is 609. The summed E-state index contributed by atoms with van der Waals surface area (Å²) >= 11 is 0. The number of unbranched alkanes of at least 4 members (excludes halogenated alkanes) is 2. The summed E-state index contributed by atoms with van der Waals surface area (Å²) in [5.74, 6) is 2.15. The monoisotopic (exact) mass is 358 g/mol. The minimum Gasteiger partial charge on any atom is -0.494 e. The highest BCUT2D eigenvalue weighted by atomic mass is 16.5. The highest BCUT2D eigenvalue weighted by Crippen LogP contribution is 2.47. The molecule has 0 aromatic heterocycles. The van der Waals surface area contributed by atoms with E-state index in [-0.39, 0.29) is 18.1 Å². The Morgan fingerprint density at radius 1 is 1.23 bits per heavy atom. The lowest BCUT2D eigenvalue weighted by molar-refractivity contribution is 0.140. The Morgan fingerprint density at radius 3 is 2.85 bits per heavy atom. The molecule has 1 saturated carbocycles. The van der Waals surface area contributed by atoms with Crippen molar-refractivity contribution in [3.05, 3.63) is 41.5 Å². The van der Waals surface area contributed by atoms with E-state index < -0.39 is 0 Å². The van der Waals surface area contributed by atoms with Gasteiger partial charge in [0, 0.05) is 5.92 Å². The Hall–Kier alpha value is -1.32. The molecule has 2 aliphatic carbocycles. The zero-order valence-electron chi connectivity index (χ0n) is 16.2. The Labute approximate surface area is 158 Å². The van der Waals surface area contributed by atoms with E-state index in [1.165, 1.54) is 24.0 Å². The van der Waals surface area contributed by atoms with Crippen molar-refractivity contribution in [1.82, 2.24) is 0 Å². The third-order valence-corrected chi connectivity index (χ3v) is 6.20. The van der Waals surface area contributed by atoms with Crippen LogP contribution in [-0.4, -0.2) is 29.0 Å². The van der Waals surface area contributed by atoms with Gasteiger partial charge in [0.1, 0.15) is 5.75 Å². The lowest BCUT2D eigenvalue weighted by atomic mass is 9.74. The van der Waals surface area contributed by atoms with E-state index in [0.29, 0.717) is 18.4 Å². The van der Waals surface area contributed by atoms with Crippen LogP contribution in [0.25, 0.3) is 0 Å². The van der Waals surface area contributed by atoms with Gasteiger partial charge in [0.05, 0.1) is 18.8 Å². The molecule has 0 bridgehead atoms. The van der Waals surface area contributed by atoms with Gasteiger partial charge in [-0.15, -0.1) is 0 Å². The van der Waals surface area contributed by atoms with Crippen molar-refractivity contribution in [2.75, 3.05) is 6.61 Å². The molecule has 3 heteroatoms. The van der Waals surface area contributed by atoms with Crippen molar-refractivity contribution in [1.29, 1.82) is 0 Å². The van der Waals surface area contributed by atoms with Gasteiger partial charge in [0.2, 0.25) is 0 Å². The third-order valence-electron chi connectivity index (χ3n) is 6.20. The molecule has 2 aliphatic rings. The average Bonchev–Trinajstić information content (AvgIpc) is 2.93. The van der Waals surface area contributed by atoms with Gasteiger partial charge in [-0.3, -0.25) is 0 Å². The number of benzene rings is 1. The lowest BCUT2D eigenvalue weighted by Crippen LogP contribution is -2.26. The zero-order valence-corrected chi connectivity index (χ0v) is 16.2. The van der Waals surface area contributed by atoms with Crippen molar-refractivity contribution >= 4 is 0 Å². The molecule has 1 fully saturated rings. The molecule has 1 aromatic carbocycles. The first kappa shape index (κ1) is 19.4. The average molecular weight is 359 g/mol. The van der Waals surface area contributed by atoms with Gasteiger partial charge in [-0.2, -0.15) is 0 Å². The smallest absolute Gasteiger partial charge is 0.122 e. The predicted octanol–water partition coefficient (Wildman–Crippen LogP) is 4.29. The van der Waals surface area contributed by atoms with E-state index in [2.05, 4.69) is 31.2 Å². The second kappa shape index (κ2) is 9.05. The zero-order chi connectivity index (χ0) is 18.5. The van der Waals surface area contributed by atoms with Crippen LogP contribution in [-0.2, 0) is 12.8 Å². The van der Waals surface area contributed by atoms with Crippen LogP contribution in [0.1, 0.15) is 57.1 Å². The molecule has 0 saturated heterocycles. The van der Waals surface area contributed by atoms with Crippen molar-refractivity contribution in [2.24, 2.45) is 17.8 Å². The molecule has 3 rings (SSSR count). The molecule has 0 radical (unpaired) electrons. The van der Waals surface area contributed by atoms with Crippen LogP contribution >= 0.6 is 0 Å². The fraction of sp³-hybridized carbons (Fsp3) is 0.652. The molecular weight excluding hydrogens is 324 g/mol. The molecule has 2 N–H and O–H groups in total. The first-order valence-corrected chi connectivity index (χ1v) is 10.4. The fourth-order valence-corrected chi connectivity index (χ4v) is 4.85. The molecule has 3 nitrogen and oxygen atoms in total.